The molecule has 0 spiro atoms. The molecule has 7 heteroatoms. The van der Waals surface area contributed by atoms with E-state index in [1.54, 1.807) is 31.2 Å². The van der Waals surface area contributed by atoms with Gasteiger partial charge in [-0.25, -0.2) is 8.78 Å². The highest BCUT2D eigenvalue weighted by molar-refractivity contribution is 6.06. The summed E-state index contributed by atoms with van der Waals surface area (Å²) in [6, 6.07) is 9.55. The van der Waals surface area contributed by atoms with Crippen molar-refractivity contribution in [3.63, 3.8) is 0 Å². The number of carbonyl (C=O) groups excluding carboxylic acids is 2. The summed E-state index contributed by atoms with van der Waals surface area (Å²) in [7, 11) is 0. The second kappa shape index (κ2) is 6.27. The number of anilines is 2. The van der Waals surface area contributed by atoms with Crippen molar-refractivity contribution in [3.05, 3.63) is 54.1 Å². The molecule has 0 bridgehead atoms. The number of fused-ring (bicyclic) bond motifs is 1. The number of halogens is 2. The number of hydrogen-bond acceptors (Lipinski definition) is 3. The van der Waals surface area contributed by atoms with Crippen LogP contribution in [0.5, 0.6) is 5.75 Å². The molecule has 0 saturated carbocycles. The third-order valence-corrected chi connectivity index (χ3v) is 3.58. The Morgan fingerprint density at radius 3 is 2.79 bits per heavy atom. The third kappa shape index (κ3) is 3.05. The molecule has 1 aliphatic rings. The van der Waals surface area contributed by atoms with E-state index in [2.05, 4.69) is 5.32 Å². The topological polar surface area (TPSA) is 58.6 Å². The summed E-state index contributed by atoms with van der Waals surface area (Å²) in [4.78, 5) is 25.7. The molecule has 0 saturated heterocycles. The van der Waals surface area contributed by atoms with E-state index in [0.717, 1.165) is 18.2 Å². The molecule has 0 radical (unpaired) electrons. The number of nitrogens with one attached hydrogen (secondary N) is 1. The maximum atomic E-state index is 13.6. The summed E-state index contributed by atoms with van der Waals surface area (Å²) in [6.07, 6.45) is -0.737. The largest absolute Gasteiger partial charge is 0.479 e. The Morgan fingerprint density at radius 2 is 2.00 bits per heavy atom. The summed E-state index contributed by atoms with van der Waals surface area (Å²) in [6.45, 7) is 1.24. The first-order valence-electron chi connectivity index (χ1n) is 7.27. The molecule has 2 aromatic carbocycles. The predicted octanol–water partition coefficient (Wildman–Crippen LogP) is 2.72. The van der Waals surface area contributed by atoms with Crippen molar-refractivity contribution >= 4 is 23.2 Å². The van der Waals surface area contributed by atoms with Crippen LogP contribution in [0, 0.1) is 11.6 Å². The first-order valence-corrected chi connectivity index (χ1v) is 7.27. The maximum absolute atomic E-state index is 13.6. The van der Waals surface area contributed by atoms with E-state index in [1.165, 1.54) is 4.90 Å². The van der Waals surface area contributed by atoms with Crippen LogP contribution in [0.25, 0.3) is 0 Å². The van der Waals surface area contributed by atoms with Gasteiger partial charge < -0.3 is 10.1 Å². The van der Waals surface area contributed by atoms with Crippen LogP contribution in [0.1, 0.15) is 6.92 Å². The standard InChI is InChI=1S/C17H14F2N2O3/c1-10-17(23)21(14-4-2-3-5-15(14)24-10)9-16(22)20-13-8-11(18)6-7-12(13)19/h2-8,10H,9H2,1H3,(H,20,22). The van der Waals surface area contributed by atoms with Crippen molar-refractivity contribution in [1.82, 2.24) is 0 Å². The number of rotatable bonds is 3. The van der Waals surface area contributed by atoms with Crippen LogP contribution < -0.4 is 15.0 Å². The molecule has 1 unspecified atom stereocenters. The van der Waals surface area contributed by atoms with Gasteiger partial charge in [-0.15, -0.1) is 0 Å². The molecule has 5 nitrogen and oxygen atoms in total. The monoisotopic (exact) mass is 332 g/mol. The lowest BCUT2D eigenvalue weighted by molar-refractivity contribution is -0.127. The summed E-state index contributed by atoms with van der Waals surface area (Å²) in [5.41, 5.74) is 0.178. The summed E-state index contributed by atoms with van der Waals surface area (Å²) in [5.74, 6) is -1.98. The Hall–Kier alpha value is -2.96. The zero-order valence-corrected chi connectivity index (χ0v) is 12.8. The summed E-state index contributed by atoms with van der Waals surface area (Å²) in [5, 5.41) is 2.28. The van der Waals surface area contributed by atoms with Gasteiger partial charge >= 0.3 is 0 Å². The fourth-order valence-electron chi connectivity index (χ4n) is 2.45. The SMILES string of the molecule is CC1Oc2ccccc2N(CC(=O)Nc2cc(F)ccc2F)C1=O. The summed E-state index contributed by atoms with van der Waals surface area (Å²) >= 11 is 0. The number of ether oxygens (including phenoxy) is 1. The van der Waals surface area contributed by atoms with Crippen LogP contribution in [0.4, 0.5) is 20.2 Å². The van der Waals surface area contributed by atoms with E-state index < -0.39 is 23.6 Å². The number of amides is 2. The van der Waals surface area contributed by atoms with Gasteiger partial charge in [0.2, 0.25) is 5.91 Å². The van der Waals surface area contributed by atoms with Crippen LogP contribution in [0.2, 0.25) is 0 Å². The molecular weight excluding hydrogens is 318 g/mol. The molecule has 24 heavy (non-hydrogen) atoms. The Balaban J connectivity index is 1.81. The van der Waals surface area contributed by atoms with Gasteiger partial charge in [0.05, 0.1) is 11.4 Å². The van der Waals surface area contributed by atoms with Crippen molar-refractivity contribution in [2.75, 3.05) is 16.8 Å². The Bertz CT molecular complexity index is 810. The lowest BCUT2D eigenvalue weighted by atomic mass is 10.2. The molecule has 0 aromatic heterocycles. The molecule has 0 fully saturated rings. The van der Waals surface area contributed by atoms with Gasteiger partial charge in [0.15, 0.2) is 6.10 Å². The molecule has 2 amide bonds. The van der Waals surface area contributed by atoms with E-state index >= 15 is 0 Å². The van der Waals surface area contributed by atoms with Gasteiger partial charge in [-0.2, -0.15) is 0 Å². The van der Waals surface area contributed by atoms with E-state index in [9.17, 15) is 18.4 Å². The van der Waals surface area contributed by atoms with Gasteiger partial charge in [0.25, 0.3) is 5.91 Å². The molecule has 2 aromatic rings. The molecule has 0 aliphatic carbocycles. The van der Waals surface area contributed by atoms with Crippen molar-refractivity contribution in [1.29, 1.82) is 0 Å². The van der Waals surface area contributed by atoms with Gasteiger partial charge in [-0.1, -0.05) is 12.1 Å². The van der Waals surface area contributed by atoms with Crippen LogP contribution in [-0.2, 0) is 9.59 Å². The van der Waals surface area contributed by atoms with Crippen molar-refractivity contribution in [2.24, 2.45) is 0 Å². The highest BCUT2D eigenvalue weighted by Crippen LogP contribution is 2.33. The molecule has 124 valence electrons. The Kier molecular flexibility index (Phi) is 4.16. The molecule has 1 heterocycles. The Labute approximate surface area is 136 Å². The number of hydrogen-bond donors (Lipinski definition) is 1. The normalized spacial score (nSPS) is 16.4. The Morgan fingerprint density at radius 1 is 1.25 bits per heavy atom. The molecule has 1 aliphatic heterocycles. The van der Waals surface area contributed by atoms with E-state index in [4.69, 9.17) is 4.74 Å². The average Bonchev–Trinajstić information content (AvgIpc) is 2.55. The predicted molar refractivity (Wildman–Crippen MR) is 83.9 cm³/mol. The van der Waals surface area contributed by atoms with Gasteiger partial charge in [0, 0.05) is 6.07 Å². The zero-order valence-electron chi connectivity index (χ0n) is 12.8. The van der Waals surface area contributed by atoms with Crippen LogP contribution in [0.3, 0.4) is 0 Å². The van der Waals surface area contributed by atoms with Crippen LogP contribution in [-0.4, -0.2) is 24.5 Å². The van der Waals surface area contributed by atoms with E-state index in [-0.39, 0.29) is 18.1 Å². The minimum Gasteiger partial charge on any atom is -0.479 e. The second-order valence-corrected chi connectivity index (χ2v) is 5.32. The van der Waals surface area contributed by atoms with E-state index in [1.807, 2.05) is 0 Å². The minimum atomic E-state index is -0.758. The first kappa shape index (κ1) is 15.9. The fraction of sp³-hybridized carbons (Fsp3) is 0.176. The smallest absolute Gasteiger partial charge is 0.268 e. The van der Waals surface area contributed by atoms with E-state index in [0.29, 0.717) is 11.4 Å². The molecular formula is C17H14F2N2O3. The molecule has 3 rings (SSSR count). The van der Waals surface area contributed by atoms with Crippen molar-refractivity contribution < 1.29 is 23.1 Å². The van der Waals surface area contributed by atoms with Crippen molar-refractivity contribution in [3.8, 4) is 5.75 Å². The van der Waals surface area contributed by atoms with Gasteiger partial charge in [0.1, 0.15) is 23.9 Å². The fourth-order valence-corrected chi connectivity index (χ4v) is 2.45. The second-order valence-electron chi connectivity index (χ2n) is 5.32. The number of para-hydroxylation sites is 2. The quantitative estimate of drug-likeness (QED) is 0.940. The lowest BCUT2D eigenvalue weighted by Gasteiger charge is -2.32. The van der Waals surface area contributed by atoms with Crippen LogP contribution >= 0.6 is 0 Å². The summed E-state index contributed by atoms with van der Waals surface area (Å²) < 4.78 is 32.2. The number of benzene rings is 2. The highest BCUT2D eigenvalue weighted by atomic mass is 19.1. The van der Waals surface area contributed by atoms with Gasteiger partial charge in [-0.3, -0.25) is 14.5 Å². The minimum absolute atomic E-state index is 0.276. The maximum Gasteiger partial charge on any atom is 0.268 e. The van der Waals surface area contributed by atoms with Crippen molar-refractivity contribution in [2.45, 2.75) is 13.0 Å². The third-order valence-electron chi connectivity index (χ3n) is 3.58. The highest BCUT2D eigenvalue weighted by Gasteiger charge is 2.32. The van der Waals surface area contributed by atoms with Crippen LogP contribution in [0.15, 0.2) is 42.5 Å². The molecule has 1 atom stereocenters. The zero-order chi connectivity index (χ0) is 17.3. The lowest BCUT2D eigenvalue weighted by Crippen LogP contribution is -2.47. The molecule has 1 N–H and O–H groups in total. The number of carbonyl (C=O) groups is 2. The first-order chi connectivity index (χ1) is 11.5. The number of nitrogens with zero attached hydrogens (tertiary/aromatic N) is 1. The average molecular weight is 332 g/mol. The van der Waals surface area contributed by atoms with Gasteiger partial charge in [-0.05, 0) is 31.2 Å².